The van der Waals surface area contributed by atoms with E-state index in [4.69, 9.17) is 11.6 Å². The Kier molecular flexibility index (Phi) is 5.45. The van der Waals surface area contributed by atoms with Gasteiger partial charge in [0.05, 0.1) is 0 Å². The van der Waals surface area contributed by atoms with Gasteiger partial charge in [-0.15, -0.1) is 0 Å². The maximum atomic E-state index is 11.3. The highest BCUT2D eigenvalue weighted by atomic mass is 35.5. The minimum absolute atomic E-state index is 0.483. The van der Waals surface area contributed by atoms with Crippen LogP contribution in [0.15, 0.2) is 24.3 Å². The molecule has 94 valence electrons. The van der Waals surface area contributed by atoms with E-state index in [0.717, 1.165) is 18.7 Å². The molecule has 1 N–H and O–H groups in total. The molecule has 1 aromatic rings. The van der Waals surface area contributed by atoms with Crippen LogP contribution in [0.2, 0.25) is 5.02 Å². The molecule has 0 spiro atoms. The Morgan fingerprint density at radius 3 is 2.53 bits per heavy atom. The van der Waals surface area contributed by atoms with Crippen LogP contribution >= 0.6 is 11.6 Å². The molecule has 0 saturated carbocycles. The number of carboxylic acids is 1. The van der Waals surface area contributed by atoms with Crippen LogP contribution in [0.3, 0.4) is 0 Å². The standard InChI is InChI=1S/C13H18ClNO2/c1-3-15(4-2)12(13(16)17)9-10-6-5-7-11(14)8-10/h5-8,12H,3-4,9H2,1-2H3,(H,16,17)/t12-/m0/s1. The van der Waals surface area contributed by atoms with E-state index < -0.39 is 12.0 Å². The molecular weight excluding hydrogens is 238 g/mol. The molecule has 0 radical (unpaired) electrons. The van der Waals surface area contributed by atoms with Crippen molar-refractivity contribution in [1.82, 2.24) is 4.90 Å². The van der Waals surface area contributed by atoms with Crippen LogP contribution in [-0.2, 0) is 11.2 Å². The van der Waals surface area contributed by atoms with Crippen molar-refractivity contribution < 1.29 is 9.90 Å². The Balaban J connectivity index is 2.83. The van der Waals surface area contributed by atoms with Gasteiger partial charge in [-0.2, -0.15) is 0 Å². The third-order valence-electron chi connectivity index (χ3n) is 2.86. The van der Waals surface area contributed by atoms with E-state index in [2.05, 4.69) is 0 Å². The summed E-state index contributed by atoms with van der Waals surface area (Å²) >= 11 is 5.89. The first-order valence-electron chi connectivity index (χ1n) is 5.79. The molecule has 17 heavy (non-hydrogen) atoms. The molecule has 0 aliphatic heterocycles. The number of likely N-dealkylation sites (N-methyl/N-ethyl adjacent to an activating group) is 1. The molecule has 0 fully saturated rings. The lowest BCUT2D eigenvalue weighted by atomic mass is 10.0. The minimum atomic E-state index is -0.784. The van der Waals surface area contributed by atoms with Crippen molar-refractivity contribution in [2.45, 2.75) is 26.3 Å². The van der Waals surface area contributed by atoms with E-state index in [1.54, 1.807) is 6.07 Å². The van der Waals surface area contributed by atoms with Crippen LogP contribution in [0.5, 0.6) is 0 Å². The van der Waals surface area contributed by atoms with E-state index in [1.165, 1.54) is 0 Å². The number of hydrogen-bond donors (Lipinski definition) is 1. The summed E-state index contributed by atoms with van der Waals surface area (Å²) in [4.78, 5) is 13.2. The second kappa shape index (κ2) is 6.62. The third kappa shape index (κ3) is 4.02. The molecule has 3 nitrogen and oxygen atoms in total. The number of rotatable bonds is 6. The normalized spacial score (nSPS) is 12.7. The number of aliphatic carboxylic acids is 1. The molecule has 1 atom stereocenters. The summed E-state index contributed by atoms with van der Waals surface area (Å²) in [6.45, 7) is 5.40. The molecule has 0 aliphatic carbocycles. The summed E-state index contributed by atoms with van der Waals surface area (Å²) in [6, 6.07) is 6.88. The maximum Gasteiger partial charge on any atom is 0.321 e. The number of nitrogens with zero attached hydrogens (tertiary/aromatic N) is 1. The first kappa shape index (κ1) is 14.0. The summed E-state index contributed by atoms with van der Waals surface area (Å²) < 4.78 is 0. The summed E-state index contributed by atoms with van der Waals surface area (Å²) in [5.74, 6) is -0.784. The van der Waals surface area contributed by atoms with Gasteiger partial charge in [0.2, 0.25) is 0 Å². The van der Waals surface area contributed by atoms with Crippen LogP contribution in [0.4, 0.5) is 0 Å². The molecule has 0 aliphatic rings. The summed E-state index contributed by atoms with van der Waals surface area (Å²) in [7, 11) is 0. The highest BCUT2D eigenvalue weighted by Crippen LogP contribution is 2.14. The van der Waals surface area contributed by atoms with E-state index in [0.29, 0.717) is 11.4 Å². The Morgan fingerprint density at radius 2 is 2.06 bits per heavy atom. The lowest BCUT2D eigenvalue weighted by molar-refractivity contribution is -0.143. The van der Waals surface area contributed by atoms with Gasteiger partial charge in [0.25, 0.3) is 0 Å². The van der Waals surface area contributed by atoms with Gasteiger partial charge in [-0.1, -0.05) is 37.6 Å². The Labute approximate surface area is 107 Å². The van der Waals surface area contributed by atoms with E-state index in [1.807, 2.05) is 36.9 Å². The second-order valence-electron chi connectivity index (χ2n) is 3.91. The number of carboxylic acid groups (broad SMARTS) is 1. The zero-order valence-electron chi connectivity index (χ0n) is 10.2. The van der Waals surface area contributed by atoms with Crippen molar-refractivity contribution >= 4 is 17.6 Å². The van der Waals surface area contributed by atoms with Crippen LogP contribution < -0.4 is 0 Å². The molecule has 1 aromatic carbocycles. The molecule has 0 heterocycles. The molecule has 4 heteroatoms. The fourth-order valence-electron chi connectivity index (χ4n) is 1.92. The third-order valence-corrected chi connectivity index (χ3v) is 3.09. The number of carbonyl (C=O) groups is 1. The minimum Gasteiger partial charge on any atom is -0.480 e. The Morgan fingerprint density at radius 1 is 1.41 bits per heavy atom. The van der Waals surface area contributed by atoms with Crippen molar-refractivity contribution in [3.05, 3.63) is 34.9 Å². The van der Waals surface area contributed by atoms with E-state index >= 15 is 0 Å². The highest BCUT2D eigenvalue weighted by Gasteiger charge is 2.23. The Bertz CT molecular complexity index is 377. The molecular formula is C13H18ClNO2. The van der Waals surface area contributed by atoms with Gasteiger partial charge in [-0.25, -0.2) is 0 Å². The van der Waals surface area contributed by atoms with Gasteiger partial charge in [0.15, 0.2) is 0 Å². The van der Waals surface area contributed by atoms with Crippen LogP contribution in [0.1, 0.15) is 19.4 Å². The summed E-state index contributed by atoms with van der Waals surface area (Å²) in [5, 5.41) is 9.91. The summed E-state index contributed by atoms with van der Waals surface area (Å²) in [6.07, 6.45) is 0.484. The van der Waals surface area contributed by atoms with Gasteiger partial charge in [-0.05, 0) is 37.2 Å². The number of benzene rings is 1. The molecule has 0 unspecified atom stereocenters. The average Bonchev–Trinajstić information content (AvgIpc) is 2.29. The van der Waals surface area contributed by atoms with E-state index in [-0.39, 0.29) is 0 Å². The SMILES string of the molecule is CCN(CC)[C@@H](Cc1cccc(Cl)c1)C(=O)O. The molecule has 0 bridgehead atoms. The average molecular weight is 256 g/mol. The monoisotopic (exact) mass is 255 g/mol. The number of halogens is 1. The zero-order valence-corrected chi connectivity index (χ0v) is 10.9. The highest BCUT2D eigenvalue weighted by molar-refractivity contribution is 6.30. The topological polar surface area (TPSA) is 40.5 Å². The van der Waals surface area contributed by atoms with Gasteiger partial charge < -0.3 is 5.11 Å². The zero-order chi connectivity index (χ0) is 12.8. The first-order valence-corrected chi connectivity index (χ1v) is 6.17. The van der Waals surface area contributed by atoms with Gasteiger partial charge in [-0.3, -0.25) is 9.69 Å². The maximum absolute atomic E-state index is 11.3. The molecule has 0 saturated heterocycles. The van der Waals surface area contributed by atoms with Crippen LogP contribution in [-0.4, -0.2) is 35.1 Å². The van der Waals surface area contributed by atoms with Crippen LogP contribution in [0.25, 0.3) is 0 Å². The fourth-order valence-corrected chi connectivity index (χ4v) is 2.14. The first-order chi connectivity index (χ1) is 8.08. The van der Waals surface area contributed by atoms with Crippen LogP contribution in [0, 0.1) is 0 Å². The fraction of sp³-hybridized carbons (Fsp3) is 0.462. The largest absolute Gasteiger partial charge is 0.480 e. The summed E-state index contributed by atoms with van der Waals surface area (Å²) in [5.41, 5.74) is 0.955. The van der Waals surface area contributed by atoms with Crippen molar-refractivity contribution in [2.75, 3.05) is 13.1 Å². The van der Waals surface area contributed by atoms with Gasteiger partial charge in [0.1, 0.15) is 6.04 Å². The lowest BCUT2D eigenvalue weighted by Gasteiger charge is -2.26. The quantitative estimate of drug-likeness (QED) is 0.850. The predicted molar refractivity (Wildman–Crippen MR) is 69.5 cm³/mol. The van der Waals surface area contributed by atoms with Crippen molar-refractivity contribution in [3.8, 4) is 0 Å². The van der Waals surface area contributed by atoms with Gasteiger partial charge >= 0.3 is 5.97 Å². The van der Waals surface area contributed by atoms with E-state index in [9.17, 15) is 9.90 Å². The lowest BCUT2D eigenvalue weighted by Crippen LogP contribution is -2.42. The molecule has 0 aromatic heterocycles. The smallest absolute Gasteiger partial charge is 0.321 e. The molecule has 1 rings (SSSR count). The van der Waals surface area contributed by atoms with Crippen molar-refractivity contribution in [2.24, 2.45) is 0 Å². The van der Waals surface area contributed by atoms with Crippen molar-refractivity contribution in [3.63, 3.8) is 0 Å². The predicted octanol–water partition coefficient (Wildman–Crippen LogP) is 2.68. The Hall–Kier alpha value is -1.06. The molecule has 0 amide bonds. The number of hydrogen-bond acceptors (Lipinski definition) is 2. The van der Waals surface area contributed by atoms with Crippen molar-refractivity contribution in [1.29, 1.82) is 0 Å². The second-order valence-corrected chi connectivity index (χ2v) is 4.35. The van der Waals surface area contributed by atoms with Gasteiger partial charge in [0, 0.05) is 5.02 Å².